The molecule has 424 valence electrons. The number of quaternary nitrogens is 1. The Morgan fingerprint density at radius 2 is 0.764 bits per heavy atom. The van der Waals surface area contributed by atoms with Crippen LogP contribution < -0.4 is 5.32 Å². The maximum atomic E-state index is 13.0. The quantitative estimate of drug-likeness (QED) is 0.0243. The van der Waals surface area contributed by atoms with E-state index < -0.39 is 20.0 Å². The lowest BCUT2D eigenvalue weighted by Gasteiger charge is -2.25. The predicted molar refractivity (Wildman–Crippen MR) is 314 cm³/mol. The standard InChI is InChI=1S/C63H121N2O6P/c1-6-8-10-12-14-16-18-20-22-24-25-26-27-28-29-30-31-32-33-34-35-36-37-38-39-41-43-45-47-49-51-53-55-57-63(67)64-61(60-71-72(68,69)70-59-58-65(3,4)5)62(66)56-54-52-50-48-46-44-42-40-23-21-19-17-15-13-11-9-7-2/h23-25,40,46,48,54,56,61-62,66H,6-22,26-39,41-45,47,49-53,55,57-60H2,1-5H3,(H-,64,67,68,69)/p+1/b25-24-,40-23+,48-46+,56-54+. The van der Waals surface area contributed by atoms with Gasteiger partial charge in [-0.2, -0.15) is 0 Å². The number of nitrogens with zero attached hydrogens (tertiary/aromatic N) is 1. The van der Waals surface area contributed by atoms with Gasteiger partial charge in [-0.1, -0.05) is 268 Å². The molecule has 3 N–H and O–H groups in total. The monoisotopic (exact) mass is 1030 g/mol. The molecule has 0 saturated carbocycles. The van der Waals surface area contributed by atoms with Crippen molar-refractivity contribution in [1.29, 1.82) is 0 Å². The molecule has 8 nitrogen and oxygen atoms in total. The molecule has 0 aromatic carbocycles. The fourth-order valence-corrected chi connectivity index (χ4v) is 9.87. The summed E-state index contributed by atoms with van der Waals surface area (Å²) in [5.41, 5.74) is 0. The van der Waals surface area contributed by atoms with E-state index in [1.165, 1.54) is 231 Å². The molecule has 3 atom stereocenters. The number of unbranched alkanes of at least 4 members (excludes halogenated alkanes) is 38. The second kappa shape index (κ2) is 54.3. The van der Waals surface area contributed by atoms with Crippen molar-refractivity contribution in [3.05, 3.63) is 48.6 Å². The van der Waals surface area contributed by atoms with Gasteiger partial charge in [-0.25, -0.2) is 4.57 Å². The Morgan fingerprint density at radius 1 is 0.458 bits per heavy atom. The molecule has 0 aliphatic carbocycles. The van der Waals surface area contributed by atoms with Crippen molar-refractivity contribution in [2.24, 2.45) is 0 Å². The lowest BCUT2D eigenvalue weighted by atomic mass is 10.0. The molecule has 0 aliphatic heterocycles. The lowest BCUT2D eigenvalue weighted by molar-refractivity contribution is -0.870. The Balaban J connectivity index is 4.06. The first kappa shape index (κ1) is 70.5. The van der Waals surface area contributed by atoms with Crippen LogP contribution in [0.15, 0.2) is 48.6 Å². The molecule has 0 fully saturated rings. The van der Waals surface area contributed by atoms with E-state index in [-0.39, 0.29) is 19.1 Å². The number of carbonyl (C=O) groups is 1. The SMILES string of the molecule is CCCCCCCCC/C=C/CC/C=C/CC/C=C/C(O)C(COP(=O)(O)OCC[N+](C)(C)C)NC(=O)CCCCCCCCCCCCCCCCCCCCCCC/C=C\CCCCCCCCCC. The number of phosphoric acid groups is 1. The highest BCUT2D eigenvalue weighted by atomic mass is 31.2. The summed E-state index contributed by atoms with van der Waals surface area (Å²) in [6.07, 6.45) is 72.4. The third-order valence-corrected chi connectivity index (χ3v) is 15.0. The summed E-state index contributed by atoms with van der Waals surface area (Å²) in [5.74, 6) is -0.187. The summed E-state index contributed by atoms with van der Waals surface area (Å²) >= 11 is 0. The van der Waals surface area contributed by atoms with Crippen molar-refractivity contribution in [1.82, 2.24) is 5.32 Å². The maximum Gasteiger partial charge on any atom is 0.472 e. The number of allylic oxidation sites excluding steroid dienone is 7. The van der Waals surface area contributed by atoms with Crippen LogP contribution >= 0.6 is 7.82 Å². The smallest absolute Gasteiger partial charge is 0.387 e. The first-order valence-electron chi connectivity index (χ1n) is 31.0. The minimum absolute atomic E-state index is 0.0542. The van der Waals surface area contributed by atoms with Crippen LogP contribution in [0.1, 0.15) is 296 Å². The van der Waals surface area contributed by atoms with Gasteiger partial charge in [0.05, 0.1) is 39.9 Å². The van der Waals surface area contributed by atoms with Crippen molar-refractivity contribution >= 4 is 13.7 Å². The van der Waals surface area contributed by atoms with Gasteiger partial charge in [0.2, 0.25) is 5.91 Å². The third-order valence-electron chi connectivity index (χ3n) is 14.0. The highest BCUT2D eigenvalue weighted by Crippen LogP contribution is 2.43. The predicted octanol–water partition coefficient (Wildman–Crippen LogP) is 19.1. The second-order valence-electron chi connectivity index (χ2n) is 22.4. The highest BCUT2D eigenvalue weighted by Gasteiger charge is 2.27. The van der Waals surface area contributed by atoms with Gasteiger partial charge in [0.25, 0.3) is 0 Å². The molecule has 9 heteroatoms. The van der Waals surface area contributed by atoms with Gasteiger partial charge in [0.15, 0.2) is 0 Å². The first-order chi connectivity index (χ1) is 35.0. The van der Waals surface area contributed by atoms with Gasteiger partial charge < -0.3 is 19.8 Å². The normalized spacial score (nSPS) is 14.2. The molecular formula is C63H122N2O6P+. The molecule has 3 unspecified atom stereocenters. The Kier molecular flexibility index (Phi) is 53.1. The molecule has 0 heterocycles. The van der Waals surface area contributed by atoms with Gasteiger partial charge >= 0.3 is 7.82 Å². The van der Waals surface area contributed by atoms with Crippen LogP contribution in [0.4, 0.5) is 0 Å². The summed E-state index contributed by atoms with van der Waals surface area (Å²) in [5, 5.41) is 13.9. The zero-order chi connectivity index (χ0) is 52.7. The molecule has 0 rings (SSSR count). The van der Waals surface area contributed by atoms with Crippen molar-refractivity contribution in [2.75, 3.05) is 40.9 Å². The van der Waals surface area contributed by atoms with Crippen LogP contribution in [0, 0.1) is 0 Å². The average Bonchev–Trinajstić information content (AvgIpc) is 3.34. The zero-order valence-electron chi connectivity index (χ0n) is 48.4. The first-order valence-corrected chi connectivity index (χ1v) is 32.5. The summed E-state index contributed by atoms with van der Waals surface area (Å²) in [7, 11) is 1.55. The van der Waals surface area contributed by atoms with Gasteiger partial charge in [-0.3, -0.25) is 13.8 Å². The average molecular weight is 1030 g/mol. The molecule has 0 spiro atoms. The minimum Gasteiger partial charge on any atom is -0.387 e. The fraction of sp³-hybridized carbons (Fsp3) is 0.857. The second-order valence-corrected chi connectivity index (χ2v) is 23.9. The van der Waals surface area contributed by atoms with Gasteiger partial charge in [0.1, 0.15) is 13.2 Å². The van der Waals surface area contributed by atoms with Crippen molar-refractivity contribution in [2.45, 2.75) is 309 Å². The highest BCUT2D eigenvalue weighted by molar-refractivity contribution is 7.47. The Labute approximate surface area is 448 Å². The topological polar surface area (TPSA) is 105 Å². The summed E-state index contributed by atoms with van der Waals surface area (Å²) in [6, 6.07) is -0.869. The summed E-state index contributed by atoms with van der Waals surface area (Å²) < 4.78 is 23.7. The number of phosphoric ester groups is 1. The number of likely N-dealkylation sites (N-methyl/N-ethyl adjacent to an activating group) is 1. The zero-order valence-corrected chi connectivity index (χ0v) is 49.3. The summed E-state index contributed by atoms with van der Waals surface area (Å²) in [4.78, 5) is 23.3. The van der Waals surface area contributed by atoms with Crippen molar-refractivity contribution < 1.29 is 32.9 Å². The number of nitrogens with one attached hydrogen (secondary N) is 1. The Hall–Kier alpha value is -1.54. The molecule has 1 amide bonds. The van der Waals surface area contributed by atoms with E-state index in [4.69, 9.17) is 9.05 Å². The van der Waals surface area contributed by atoms with E-state index in [2.05, 4.69) is 55.6 Å². The van der Waals surface area contributed by atoms with E-state index in [1.54, 1.807) is 6.08 Å². The molecule has 0 aromatic heterocycles. The number of hydrogen-bond donors (Lipinski definition) is 3. The van der Waals surface area contributed by atoms with Crippen LogP contribution in [0.2, 0.25) is 0 Å². The fourth-order valence-electron chi connectivity index (χ4n) is 9.13. The molecule has 0 bridgehead atoms. The van der Waals surface area contributed by atoms with E-state index in [1.807, 2.05) is 27.2 Å². The molecule has 0 radical (unpaired) electrons. The molecule has 0 aliphatic rings. The van der Waals surface area contributed by atoms with Crippen LogP contribution in [0.5, 0.6) is 0 Å². The van der Waals surface area contributed by atoms with E-state index in [0.717, 1.165) is 44.9 Å². The Bertz CT molecular complexity index is 1310. The summed E-state index contributed by atoms with van der Waals surface area (Å²) in [6.45, 7) is 4.81. The molecule has 0 aromatic rings. The van der Waals surface area contributed by atoms with Gasteiger partial charge in [0, 0.05) is 6.42 Å². The number of aliphatic hydroxyl groups excluding tert-OH is 1. The number of hydrogen-bond acceptors (Lipinski definition) is 5. The number of amides is 1. The number of carbonyl (C=O) groups excluding carboxylic acids is 1. The van der Waals surface area contributed by atoms with E-state index in [0.29, 0.717) is 17.4 Å². The van der Waals surface area contributed by atoms with E-state index >= 15 is 0 Å². The number of aliphatic hydroxyl groups is 1. The molecule has 0 saturated heterocycles. The van der Waals surface area contributed by atoms with Gasteiger partial charge in [-0.15, -0.1) is 0 Å². The van der Waals surface area contributed by atoms with Crippen LogP contribution in [-0.2, 0) is 18.4 Å². The van der Waals surface area contributed by atoms with Crippen LogP contribution in [0.25, 0.3) is 0 Å². The van der Waals surface area contributed by atoms with Crippen LogP contribution in [-0.4, -0.2) is 73.4 Å². The lowest BCUT2D eigenvalue weighted by Crippen LogP contribution is -2.45. The Morgan fingerprint density at radius 3 is 1.11 bits per heavy atom. The maximum absolute atomic E-state index is 13.0. The number of rotatable bonds is 57. The largest absolute Gasteiger partial charge is 0.472 e. The molecular weight excluding hydrogens is 912 g/mol. The van der Waals surface area contributed by atoms with Gasteiger partial charge in [-0.05, 0) is 70.6 Å². The minimum atomic E-state index is -4.36. The van der Waals surface area contributed by atoms with Crippen LogP contribution in [0.3, 0.4) is 0 Å². The van der Waals surface area contributed by atoms with E-state index in [9.17, 15) is 19.4 Å². The van der Waals surface area contributed by atoms with Crippen molar-refractivity contribution in [3.63, 3.8) is 0 Å². The van der Waals surface area contributed by atoms with Crippen molar-refractivity contribution in [3.8, 4) is 0 Å². The molecule has 72 heavy (non-hydrogen) atoms. The third kappa shape index (κ3) is 56.2.